The second kappa shape index (κ2) is 14.7. The molecule has 2 aromatic carbocycles. The molecule has 238 valence electrons. The number of methoxy groups -OCH3 is 1. The standard InChI is InChI=1S/C33H50N4O5S/c1-9-24(4)31(34-30(38)22-36(6)7)32(39)35-33(19-29(33)26-13-11-10-12-14-26)25(5)21-37(20-23(2)3)43(40,41)28-17-15-27(42-8)16-18-28/h10-18,23-25,29,31H,9,19-22H2,1-8H3,(H,34,38)(H,35,39)/t24?,25-,29+,31+,33?/m1/s1. The number of hydrogen-bond donors (Lipinski definition) is 2. The second-order valence-corrected chi connectivity index (χ2v) is 14.6. The molecule has 9 nitrogen and oxygen atoms in total. The quantitative estimate of drug-likeness (QED) is 0.295. The SMILES string of the molecule is CCC(C)[C@H](NC(=O)CN(C)C)C(=O)NC1([C@H](C)CN(CC(C)C)S(=O)(=O)c2ccc(OC)cc2)C[C@H]1c1ccccc1. The maximum Gasteiger partial charge on any atom is 0.243 e. The zero-order valence-electron chi connectivity index (χ0n) is 27.0. The Hall–Kier alpha value is -2.95. The van der Waals surface area contributed by atoms with Crippen molar-refractivity contribution in [2.45, 2.75) is 69.9 Å². The van der Waals surface area contributed by atoms with Gasteiger partial charge in [0.1, 0.15) is 11.8 Å². The number of nitrogens with zero attached hydrogens (tertiary/aromatic N) is 2. The average molecular weight is 615 g/mol. The number of sulfonamides is 1. The molecule has 5 atom stereocenters. The van der Waals surface area contributed by atoms with Gasteiger partial charge in [0.2, 0.25) is 21.8 Å². The number of carbonyl (C=O) groups is 2. The highest BCUT2D eigenvalue weighted by molar-refractivity contribution is 7.89. The molecule has 0 aromatic heterocycles. The Morgan fingerprint density at radius 3 is 2.16 bits per heavy atom. The number of amides is 2. The fraction of sp³-hybridized carbons (Fsp3) is 0.576. The van der Waals surface area contributed by atoms with Crippen LogP contribution in [-0.2, 0) is 19.6 Å². The van der Waals surface area contributed by atoms with Gasteiger partial charge < -0.3 is 20.3 Å². The normalized spacial score (nSPS) is 20.5. The van der Waals surface area contributed by atoms with Crippen molar-refractivity contribution in [1.29, 1.82) is 0 Å². The molecule has 0 aliphatic heterocycles. The molecule has 2 aromatic rings. The Morgan fingerprint density at radius 2 is 1.63 bits per heavy atom. The Labute approximate surface area is 258 Å². The lowest BCUT2D eigenvalue weighted by Crippen LogP contribution is -2.57. The molecule has 0 bridgehead atoms. The van der Waals surface area contributed by atoms with Gasteiger partial charge in [-0.15, -0.1) is 0 Å². The van der Waals surface area contributed by atoms with Crippen molar-refractivity contribution in [3.8, 4) is 5.75 Å². The molecule has 0 spiro atoms. The predicted molar refractivity (Wildman–Crippen MR) is 170 cm³/mol. The van der Waals surface area contributed by atoms with Gasteiger partial charge in [-0.2, -0.15) is 4.31 Å². The molecule has 2 amide bonds. The van der Waals surface area contributed by atoms with Gasteiger partial charge in [-0.1, -0.05) is 71.4 Å². The number of hydrogen-bond acceptors (Lipinski definition) is 6. The monoisotopic (exact) mass is 614 g/mol. The van der Waals surface area contributed by atoms with Crippen LogP contribution in [0.25, 0.3) is 0 Å². The van der Waals surface area contributed by atoms with Crippen molar-refractivity contribution in [2.75, 3.05) is 40.8 Å². The number of carbonyl (C=O) groups excluding carboxylic acids is 2. The summed E-state index contributed by atoms with van der Waals surface area (Å²) in [6.45, 7) is 10.7. The average Bonchev–Trinajstić information content (AvgIpc) is 3.70. The van der Waals surface area contributed by atoms with E-state index in [0.29, 0.717) is 25.1 Å². The molecule has 0 saturated heterocycles. The molecule has 2 unspecified atom stereocenters. The Bertz CT molecular complexity index is 1320. The maximum absolute atomic E-state index is 14.0. The summed E-state index contributed by atoms with van der Waals surface area (Å²) in [4.78, 5) is 28.6. The number of nitrogens with one attached hydrogen (secondary N) is 2. The van der Waals surface area contributed by atoms with Crippen LogP contribution in [-0.4, -0.2) is 81.9 Å². The first-order valence-electron chi connectivity index (χ1n) is 15.2. The van der Waals surface area contributed by atoms with Gasteiger partial charge in [-0.3, -0.25) is 9.59 Å². The van der Waals surface area contributed by atoms with Crippen LogP contribution in [0.1, 0.15) is 58.9 Å². The molecule has 3 rings (SSSR count). The van der Waals surface area contributed by atoms with E-state index in [1.165, 1.54) is 0 Å². The van der Waals surface area contributed by atoms with E-state index < -0.39 is 21.6 Å². The summed E-state index contributed by atoms with van der Waals surface area (Å²) in [5.41, 5.74) is 0.431. The summed E-state index contributed by atoms with van der Waals surface area (Å²) in [6.07, 6.45) is 1.40. The second-order valence-electron chi connectivity index (χ2n) is 12.7. The minimum Gasteiger partial charge on any atom is -0.497 e. The van der Waals surface area contributed by atoms with Gasteiger partial charge >= 0.3 is 0 Å². The van der Waals surface area contributed by atoms with Crippen molar-refractivity contribution in [2.24, 2.45) is 17.8 Å². The van der Waals surface area contributed by atoms with Gasteiger partial charge in [0.05, 0.1) is 24.1 Å². The van der Waals surface area contributed by atoms with E-state index in [0.717, 1.165) is 5.56 Å². The van der Waals surface area contributed by atoms with Crippen LogP contribution >= 0.6 is 0 Å². The largest absolute Gasteiger partial charge is 0.497 e. The van der Waals surface area contributed by atoms with Gasteiger partial charge in [0.25, 0.3) is 0 Å². The number of rotatable bonds is 16. The maximum atomic E-state index is 14.0. The van der Waals surface area contributed by atoms with E-state index >= 15 is 0 Å². The van der Waals surface area contributed by atoms with Crippen LogP contribution in [0.5, 0.6) is 5.75 Å². The molecular weight excluding hydrogens is 564 g/mol. The highest BCUT2D eigenvalue weighted by Crippen LogP contribution is 2.56. The minimum atomic E-state index is -3.82. The van der Waals surface area contributed by atoms with Crippen LogP contribution in [0.4, 0.5) is 0 Å². The Kier molecular flexibility index (Phi) is 11.8. The first-order chi connectivity index (χ1) is 20.2. The molecule has 10 heteroatoms. The van der Waals surface area contributed by atoms with Gasteiger partial charge in [-0.25, -0.2) is 8.42 Å². The first-order valence-corrected chi connectivity index (χ1v) is 16.6. The minimum absolute atomic E-state index is 0.0206. The van der Waals surface area contributed by atoms with E-state index in [-0.39, 0.29) is 53.5 Å². The van der Waals surface area contributed by atoms with Crippen LogP contribution in [0, 0.1) is 17.8 Å². The van der Waals surface area contributed by atoms with Crippen molar-refractivity contribution in [3.05, 3.63) is 60.2 Å². The van der Waals surface area contributed by atoms with Gasteiger partial charge in [-0.05, 0) is 68.1 Å². The van der Waals surface area contributed by atoms with E-state index in [1.54, 1.807) is 40.6 Å². The molecule has 1 aliphatic rings. The zero-order chi connectivity index (χ0) is 31.9. The van der Waals surface area contributed by atoms with Crippen molar-refractivity contribution >= 4 is 21.8 Å². The van der Waals surface area contributed by atoms with Crippen LogP contribution in [0.15, 0.2) is 59.5 Å². The molecule has 43 heavy (non-hydrogen) atoms. The summed E-state index contributed by atoms with van der Waals surface area (Å²) >= 11 is 0. The van der Waals surface area contributed by atoms with E-state index in [2.05, 4.69) is 22.8 Å². The number of ether oxygens (including phenoxy) is 1. The highest BCUT2D eigenvalue weighted by Gasteiger charge is 2.60. The van der Waals surface area contributed by atoms with Crippen LogP contribution < -0.4 is 15.4 Å². The van der Waals surface area contributed by atoms with Gasteiger partial charge in [0.15, 0.2) is 0 Å². The molecule has 0 heterocycles. The lowest BCUT2D eigenvalue weighted by Gasteiger charge is -2.34. The molecule has 0 radical (unpaired) electrons. The lowest BCUT2D eigenvalue weighted by molar-refractivity contribution is -0.131. The fourth-order valence-corrected chi connectivity index (χ4v) is 7.44. The van der Waals surface area contributed by atoms with E-state index in [9.17, 15) is 18.0 Å². The third-order valence-electron chi connectivity index (χ3n) is 8.46. The van der Waals surface area contributed by atoms with Crippen LogP contribution in [0.3, 0.4) is 0 Å². The summed E-state index contributed by atoms with van der Waals surface area (Å²) in [7, 11) is 1.35. The Morgan fingerprint density at radius 1 is 1.00 bits per heavy atom. The van der Waals surface area contributed by atoms with Crippen molar-refractivity contribution in [3.63, 3.8) is 0 Å². The molecule has 1 aliphatic carbocycles. The lowest BCUT2D eigenvalue weighted by atomic mass is 9.91. The topological polar surface area (TPSA) is 108 Å². The van der Waals surface area contributed by atoms with E-state index in [4.69, 9.17) is 4.74 Å². The molecular formula is C33H50N4O5S. The molecule has 2 N–H and O–H groups in total. The zero-order valence-corrected chi connectivity index (χ0v) is 27.8. The third-order valence-corrected chi connectivity index (χ3v) is 10.3. The van der Waals surface area contributed by atoms with Crippen molar-refractivity contribution in [1.82, 2.24) is 19.8 Å². The smallest absolute Gasteiger partial charge is 0.243 e. The van der Waals surface area contributed by atoms with Crippen molar-refractivity contribution < 1.29 is 22.7 Å². The third kappa shape index (κ3) is 8.58. The predicted octanol–water partition coefficient (Wildman–Crippen LogP) is 4.11. The summed E-state index contributed by atoms with van der Waals surface area (Å²) in [5, 5.41) is 6.30. The van der Waals surface area contributed by atoms with E-state index in [1.807, 2.05) is 66.9 Å². The summed E-state index contributed by atoms with van der Waals surface area (Å²) in [6, 6.07) is 15.8. The number of likely N-dealkylation sites (N-methyl/N-ethyl adjacent to an activating group) is 1. The highest BCUT2D eigenvalue weighted by atomic mass is 32.2. The summed E-state index contributed by atoms with van der Waals surface area (Å²) in [5.74, 6) is -0.0499. The summed E-state index contributed by atoms with van der Waals surface area (Å²) < 4.78 is 34.6. The first kappa shape index (κ1) is 34.5. The molecule has 1 saturated carbocycles. The number of benzene rings is 2. The van der Waals surface area contributed by atoms with Gasteiger partial charge in [0, 0.05) is 19.0 Å². The fourth-order valence-electron chi connectivity index (χ4n) is 5.74. The molecule has 1 fully saturated rings. The Balaban J connectivity index is 1.94. The van der Waals surface area contributed by atoms with Crippen LogP contribution in [0.2, 0.25) is 0 Å².